The highest BCUT2D eigenvalue weighted by Gasteiger charge is 2.21. The minimum atomic E-state index is -0.458. The Hall–Kier alpha value is -3.41. The molecule has 5 nitrogen and oxygen atoms in total. The Labute approximate surface area is 161 Å². The van der Waals surface area contributed by atoms with Crippen LogP contribution >= 0.6 is 0 Å². The normalized spacial score (nSPS) is 11.1. The van der Waals surface area contributed by atoms with Gasteiger partial charge >= 0.3 is 6.09 Å². The van der Waals surface area contributed by atoms with Crippen molar-refractivity contribution >= 4 is 27.8 Å². The topological polar surface area (TPSA) is 47.4 Å². The lowest BCUT2D eigenvalue weighted by Crippen LogP contribution is -2.30. The van der Waals surface area contributed by atoms with Crippen LogP contribution < -0.4 is 4.74 Å². The molecule has 3 aromatic carbocycles. The van der Waals surface area contributed by atoms with Crippen LogP contribution in [0.3, 0.4) is 0 Å². The monoisotopic (exact) mass is 377 g/mol. The summed E-state index contributed by atoms with van der Waals surface area (Å²) >= 11 is 0. The number of halogens is 1. The second-order valence-corrected chi connectivity index (χ2v) is 6.66. The van der Waals surface area contributed by atoms with Gasteiger partial charge < -0.3 is 9.64 Å². The summed E-state index contributed by atoms with van der Waals surface area (Å²) in [4.78, 5) is 14.1. The molecular formula is C22H20FN3O2. The van der Waals surface area contributed by atoms with Crippen molar-refractivity contribution in [1.29, 1.82) is 0 Å². The Kier molecular flexibility index (Phi) is 4.69. The van der Waals surface area contributed by atoms with Crippen molar-refractivity contribution in [3.63, 3.8) is 0 Å². The van der Waals surface area contributed by atoms with Gasteiger partial charge in [-0.25, -0.2) is 9.18 Å². The molecule has 0 saturated heterocycles. The fourth-order valence-electron chi connectivity index (χ4n) is 3.27. The summed E-state index contributed by atoms with van der Waals surface area (Å²) in [5.74, 6) is -0.0153. The summed E-state index contributed by atoms with van der Waals surface area (Å²) in [6.45, 7) is 2.58. The molecule has 28 heavy (non-hydrogen) atoms. The first-order valence-electron chi connectivity index (χ1n) is 9.18. The Balaban J connectivity index is 1.94. The molecule has 4 aromatic rings. The minimum absolute atomic E-state index is 0.325. The average Bonchev–Trinajstić information content (AvgIpc) is 3.07. The van der Waals surface area contributed by atoms with Gasteiger partial charge in [-0.2, -0.15) is 9.78 Å². The van der Waals surface area contributed by atoms with Gasteiger partial charge in [-0.1, -0.05) is 37.3 Å². The van der Waals surface area contributed by atoms with Crippen molar-refractivity contribution in [2.45, 2.75) is 13.3 Å². The highest BCUT2D eigenvalue weighted by atomic mass is 19.1. The van der Waals surface area contributed by atoms with Crippen molar-refractivity contribution < 1.29 is 13.9 Å². The Morgan fingerprint density at radius 3 is 2.61 bits per heavy atom. The fourth-order valence-corrected chi connectivity index (χ4v) is 3.27. The molecule has 0 saturated carbocycles. The molecule has 6 heteroatoms. The number of rotatable bonds is 4. The molecular weight excluding hydrogens is 357 g/mol. The number of aromatic nitrogens is 2. The van der Waals surface area contributed by atoms with Crippen LogP contribution in [0.25, 0.3) is 27.4 Å². The molecule has 1 heterocycles. The number of ether oxygens (including phenoxy) is 1. The first-order valence-corrected chi connectivity index (χ1v) is 9.18. The lowest BCUT2D eigenvalue weighted by molar-refractivity contribution is 0.160. The van der Waals surface area contributed by atoms with Crippen LogP contribution in [0.15, 0.2) is 60.7 Å². The Bertz CT molecular complexity index is 1150. The zero-order chi connectivity index (χ0) is 19.7. The third kappa shape index (κ3) is 3.17. The lowest BCUT2D eigenvalue weighted by atomic mass is 10.1. The number of benzene rings is 3. The van der Waals surface area contributed by atoms with E-state index in [1.807, 2.05) is 43.3 Å². The Morgan fingerprint density at radius 2 is 1.86 bits per heavy atom. The second-order valence-electron chi connectivity index (χ2n) is 6.66. The molecule has 0 unspecified atom stereocenters. The van der Waals surface area contributed by atoms with Crippen LogP contribution in [0.4, 0.5) is 9.18 Å². The van der Waals surface area contributed by atoms with Crippen molar-refractivity contribution in [1.82, 2.24) is 14.7 Å². The first kappa shape index (κ1) is 18.0. The van der Waals surface area contributed by atoms with Crippen LogP contribution in [-0.4, -0.2) is 34.4 Å². The predicted molar refractivity (Wildman–Crippen MR) is 107 cm³/mol. The number of hydrogen-bond acceptors (Lipinski definition) is 3. The number of carbonyl (C=O) groups is 1. The maximum absolute atomic E-state index is 13.4. The van der Waals surface area contributed by atoms with E-state index in [9.17, 15) is 9.18 Å². The quantitative estimate of drug-likeness (QED) is 0.494. The fraction of sp³-hybridized carbons (Fsp3) is 0.182. The summed E-state index contributed by atoms with van der Waals surface area (Å²) in [6.07, 6.45) is 0.368. The molecule has 0 aliphatic heterocycles. The van der Waals surface area contributed by atoms with E-state index in [-0.39, 0.29) is 5.82 Å². The largest absolute Gasteiger partial charge is 0.416 e. The maximum Gasteiger partial charge on any atom is 0.416 e. The summed E-state index contributed by atoms with van der Waals surface area (Å²) in [5, 5.41) is 7.33. The molecule has 0 fully saturated rings. The van der Waals surface area contributed by atoms with E-state index in [0.717, 1.165) is 22.6 Å². The second kappa shape index (κ2) is 7.31. The van der Waals surface area contributed by atoms with Gasteiger partial charge in [-0.3, -0.25) is 0 Å². The smallest absolute Gasteiger partial charge is 0.390 e. The molecule has 142 valence electrons. The molecule has 0 aliphatic carbocycles. The third-order valence-corrected chi connectivity index (χ3v) is 4.65. The van der Waals surface area contributed by atoms with Gasteiger partial charge in [0.2, 0.25) is 5.88 Å². The molecule has 0 aliphatic rings. The number of amides is 1. The SMILES string of the molecule is CCCN(C)C(=O)Oc1c2c(ccc3ccccc32)nn1-c1ccc(F)cc1. The maximum atomic E-state index is 13.4. The van der Waals surface area contributed by atoms with Crippen molar-refractivity contribution in [2.24, 2.45) is 0 Å². The zero-order valence-corrected chi connectivity index (χ0v) is 15.7. The summed E-state index contributed by atoms with van der Waals surface area (Å²) in [6, 6.07) is 17.7. The van der Waals surface area contributed by atoms with Crippen molar-refractivity contribution in [3.8, 4) is 11.6 Å². The zero-order valence-electron chi connectivity index (χ0n) is 15.7. The molecule has 0 bridgehead atoms. The molecule has 1 amide bonds. The molecule has 0 spiro atoms. The number of hydrogen-bond donors (Lipinski definition) is 0. The van der Waals surface area contributed by atoms with E-state index in [4.69, 9.17) is 4.74 Å². The first-order chi connectivity index (χ1) is 13.6. The van der Waals surface area contributed by atoms with E-state index in [1.165, 1.54) is 17.0 Å². The number of fused-ring (bicyclic) bond motifs is 3. The molecule has 0 N–H and O–H groups in total. The van der Waals surface area contributed by atoms with Crippen molar-refractivity contribution in [3.05, 3.63) is 66.5 Å². The molecule has 4 rings (SSSR count). The van der Waals surface area contributed by atoms with Crippen LogP contribution in [-0.2, 0) is 0 Å². The molecule has 0 radical (unpaired) electrons. The van der Waals surface area contributed by atoms with Gasteiger partial charge in [-0.15, -0.1) is 0 Å². The van der Waals surface area contributed by atoms with E-state index in [2.05, 4.69) is 5.10 Å². The Morgan fingerprint density at radius 1 is 1.11 bits per heavy atom. The van der Waals surface area contributed by atoms with Gasteiger partial charge in [0.05, 0.1) is 16.6 Å². The van der Waals surface area contributed by atoms with Gasteiger partial charge in [0.25, 0.3) is 0 Å². The molecule has 0 atom stereocenters. The summed E-state index contributed by atoms with van der Waals surface area (Å²) < 4.78 is 20.7. The van der Waals surface area contributed by atoms with Crippen molar-refractivity contribution in [2.75, 3.05) is 13.6 Å². The summed E-state index contributed by atoms with van der Waals surface area (Å²) in [5.41, 5.74) is 1.31. The standard InChI is InChI=1S/C22H20FN3O2/c1-3-14-25(2)22(27)28-21-20-18-7-5-4-6-15(18)8-13-19(20)24-26(21)17-11-9-16(23)10-12-17/h4-13H,3,14H2,1-2H3. The summed E-state index contributed by atoms with van der Waals surface area (Å²) in [7, 11) is 1.70. The van der Waals surface area contributed by atoms with E-state index < -0.39 is 6.09 Å². The minimum Gasteiger partial charge on any atom is -0.390 e. The third-order valence-electron chi connectivity index (χ3n) is 4.65. The van der Waals surface area contributed by atoms with E-state index >= 15 is 0 Å². The average molecular weight is 377 g/mol. The van der Waals surface area contributed by atoms with E-state index in [0.29, 0.717) is 23.6 Å². The number of carbonyl (C=O) groups excluding carboxylic acids is 1. The van der Waals surface area contributed by atoms with E-state index in [1.54, 1.807) is 23.9 Å². The van der Waals surface area contributed by atoms with Crippen LogP contribution in [0, 0.1) is 5.82 Å². The van der Waals surface area contributed by atoms with Crippen LogP contribution in [0.1, 0.15) is 13.3 Å². The van der Waals surface area contributed by atoms with Gasteiger partial charge in [0.15, 0.2) is 0 Å². The lowest BCUT2D eigenvalue weighted by Gasteiger charge is -2.16. The number of nitrogens with zero attached hydrogens (tertiary/aromatic N) is 3. The predicted octanol–water partition coefficient (Wildman–Crippen LogP) is 5.16. The van der Waals surface area contributed by atoms with Gasteiger partial charge in [-0.05, 0) is 47.5 Å². The van der Waals surface area contributed by atoms with Crippen LogP contribution in [0.2, 0.25) is 0 Å². The van der Waals surface area contributed by atoms with Crippen LogP contribution in [0.5, 0.6) is 5.88 Å². The highest BCUT2D eigenvalue weighted by Crippen LogP contribution is 2.35. The highest BCUT2D eigenvalue weighted by molar-refractivity contribution is 6.09. The van der Waals surface area contributed by atoms with Gasteiger partial charge in [0, 0.05) is 13.6 Å². The molecule has 1 aromatic heterocycles. The van der Waals surface area contributed by atoms with Gasteiger partial charge in [0.1, 0.15) is 5.82 Å².